The van der Waals surface area contributed by atoms with Gasteiger partial charge in [0, 0.05) is 13.0 Å². The Hall–Kier alpha value is -1.39. The number of aryl methyl sites for hydroxylation is 2. The third kappa shape index (κ3) is 1.85. The molecular weight excluding hydrogens is 170 g/mol. The molecule has 0 saturated carbocycles. The van der Waals surface area contributed by atoms with E-state index in [2.05, 4.69) is 10.1 Å². The molecule has 0 aromatic carbocycles. The summed E-state index contributed by atoms with van der Waals surface area (Å²) in [5.41, 5.74) is 0. The molecule has 0 fully saturated rings. The van der Waals surface area contributed by atoms with Crippen LogP contribution in [0.4, 0.5) is 0 Å². The maximum atomic E-state index is 10.4. The lowest BCUT2D eigenvalue weighted by Crippen LogP contribution is -2.01. The largest absolute Gasteiger partial charge is 0.475 e. The summed E-state index contributed by atoms with van der Waals surface area (Å²) in [6.07, 6.45) is 1.87. The van der Waals surface area contributed by atoms with Gasteiger partial charge in [0.05, 0.1) is 0 Å². The van der Waals surface area contributed by atoms with Gasteiger partial charge in [-0.2, -0.15) is 0 Å². The highest BCUT2D eigenvalue weighted by atomic mass is 16.4. The van der Waals surface area contributed by atoms with E-state index in [0.29, 0.717) is 0 Å². The fourth-order valence-electron chi connectivity index (χ4n) is 1.22. The highest BCUT2D eigenvalue weighted by Crippen LogP contribution is 2.10. The maximum absolute atomic E-state index is 10.4. The monoisotopic (exact) mass is 183 g/mol. The van der Waals surface area contributed by atoms with Gasteiger partial charge < -0.3 is 5.11 Å². The van der Waals surface area contributed by atoms with Crippen LogP contribution >= 0.6 is 0 Å². The first kappa shape index (κ1) is 9.70. The number of carboxylic acid groups (broad SMARTS) is 1. The lowest BCUT2D eigenvalue weighted by molar-refractivity contribution is 0.0683. The second-order valence-corrected chi connectivity index (χ2v) is 2.48. The Balaban J connectivity index is 0.000000396. The first-order chi connectivity index (χ1) is 6.27. The third-order valence-corrected chi connectivity index (χ3v) is 1.71. The molecule has 0 aliphatic carbocycles. The van der Waals surface area contributed by atoms with Crippen LogP contribution in [0.3, 0.4) is 0 Å². The zero-order valence-electron chi connectivity index (χ0n) is 7.82. The number of fused-ring (bicyclic) bond motifs is 1. The summed E-state index contributed by atoms with van der Waals surface area (Å²) < 4.78 is 1.66. The van der Waals surface area contributed by atoms with Crippen molar-refractivity contribution in [2.24, 2.45) is 0 Å². The Morgan fingerprint density at radius 1 is 1.54 bits per heavy atom. The lowest BCUT2D eigenvalue weighted by atomic mass is 10.4. The van der Waals surface area contributed by atoms with E-state index in [9.17, 15) is 4.79 Å². The summed E-state index contributed by atoms with van der Waals surface area (Å²) in [7, 11) is 0. The van der Waals surface area contributed by atoms with E-state index >= 15 is 0 Å². The molecule has 0 unspecified atom stereocenters. The van der Waals surface area contributed by atoms with Gasteiger partial charge in [-0.3, -0.25) is 0 Å². The van der Waals surface area contributed by atoms with Crippen molar-refractivity contribution in [2.45, 2.75) is 33.2 Å². The van der Waals surface area contributed by atoms with Crippen LogP contribution in [-0.4, -0.2) is 25.8 Å². The fraction of sp³-hybridized carbons (Fsp3) is 0.625. The van der Waals surface area contributed by atoms with Gasteiger partial charge in [-0.25, -0.2) is 14.5 Å². The molecule has 5 heteroatoms. The summed E-state index contributed by atoms with van der Waals surface area (Å²) in [6, 6.07) is 0. The molecule has 0 bridgehead atoms. The lowest BCUT2D eigenvalue weighted by Gasteiger charge is -1.87. The first-order valence-corrected chi connectivity index (χ1v) is 4.44. The Labute approximate surface area is 76.4 Å². The third-order valence-electron chi connectivity index (χ3n) is 1.71. The number of hydrogen-bond donors (Lipinski definition) is 1. The van der Waals surface area contributed by atoms with Gasteiger partial charge in [0.1, 0.15) is 5.82 Å². The molecule has 1 aliphatic rings. The standard InChI is InChI=1S/C6H7N3O2.C2H6/c10-6(11)5-7-4-2-1-3-9(4)8-5;1-2/h1-3H2,(H,10,11);1-2H3. The van der Waals surface area contributed by atoms with E-state index in [1.165, 1.54) is 0 Å². The highest BCUT2D eigenvalue weighted by Gasteiger charge is 2.18. The number of carboxylic acids is 1. The van der Waals surface area contributed by atoms with E-state index in [-0.39, 0.29) is 5.82 Å². The molecule has 1 aliphatic heterocycles. The van der Waals surface area contributed by atoms with E-state index in [1.54, 1.807) is 4.68 Å². The molecule has 0 spiro atoms. The van der Waals surface area contributed by atoms with Crippen LogP contribution in [0.2, 0.25) is 0 Å². The zero-order chi connectivity index (χ0) is 9.84. The number of hydrogen-bond acceptors (Lipinski definition) is 3. The van der Waals surface area contributed by atoms with Crippen molar-refractivity contribution in [1.29, 1.82) is 0 Å². The summed E-state index contributed by atoms with van der Waals surface area (Å²) in [4.78, 5) is 14.2. The highest BCUT2D eigenvalue weighted by molar-refractivity contribution is 5.82. The first-order valence-electron chi connectivity index (χ1n) is 4.44. The van der Waals surface area contributed by atoms with E-state index in [1.807, 2.05) is 13.8 Å². The molecule has 2 heterocycles. The molecule has 2 rings (SSSR count). The molecule has 13 heavy (non-hydrogen) atoms. The number of carbonyl (C=O) groups is 1. The second-order valence-electron chi connectivity index (χ2n) is 2.48. The van der Waals surface area contributed by atoms with Gasteiger partial charge in [0.2, 0.25) is 0 Å². The van der Waals surface area contributed by atoms with Gasteiger partial charge in [-0.05, 0) is 6.42 Å². The number of nitrogens with zero attached hydrogens (tertiary/aromatic N) is 3. The van der Waals surface area contributed by atoms with Crippen LogP contribution in [0.15, 0.2) is 0 Å². The smallest absolute Gasteiger partial charge is 0.375 e. The van der Waals surface area contributed by atoms with E-state index < -0.39 is 5.97 Å². The number of aromatic carboxylic acids is 1. The molecule has 0 amide bonds. The molecule has 0 radical (unpaired) electrons. The second kappa shape index (κ2) is 4.02. The maximum Gasteiger partial charge on any atom is 0.375 e. The Morgan fingerprint density at radius 3 is 2.77 bits per heavy atom. The molecular formula is C8H13N3O2. The van der Waals surface area contributed by atoms with E-state index in [4.69, 9.17) is 5.11 Å². The average molecular weight is 183 g/mol. The van der Waals surface area contributed by atoms with Gasteiger partial charge in [-0.1, -0.05) is 13.8 Å². The quantitative estimate of drug-likeness (QED) is 0.703. The molecule has 1 aromatic heterocycles. The summed E-state index contributed by atoms with van der Waals surface area (Å²) in [5, 5.41) is 12.3. The SMILES string of the molecule is CC.O=C(O)c1nc2n(n1)CCC2. The zero-order valence-corrected chi connectivity index (χ0v) is 7.82. The molecule has 1 N–H and O–H groups in total. The molecule has 72 valence electrons. The van der Waals surface area contributed by atoms with Crippen molar-refractivity contribution in [3.63, 3.8) is 0 Å². The van der Waals surface area contributed by atoms with Gasteiger partial charge in [0.25, 0.3) is 5.82 Å². The minimum atomic E-state index is -1.05. The molecule has 0 atom stereocenters. The van der Waals surface area contributed by atoms with Crippen LogP contribution in [0.5, 0.6) is 0 Å². The summed E-state index contributed by atoms with van der Waals surface area (Å²) >= 11 is 0. The van der Waals surface area contributed by atoms with Crippen LogP contribution < -0.4 is 0 Å². The van der Waals surface area contributed by atoms with Gasteiger partial charge in [0.15, 0.2) is 0 Å². The molecule has 5 nitrogen and oxygen atoms in total. The predicted octanol–water partition coefficient (Wildman–Crippen LogP) is 0.949. The Bertz CT molecular complexity index is 285. The van der Waals surface area contributed by atoms with Crippen molar-refractivity contribution in [1.82, 2.24) is 14.8 Å². The van der Waals surface area contributed by atoms with Crippen LogP contribution in [0.1, 0.15) is 36.7 Å². The molecule has 0 saturated heterocycles. The normalized spacial score (nSPS) is 13.1. The van der Waals surface area contributed by atoms with Crippen LogP contribution in [0, 0.1) is 0 Å². The van der Waals surface area contributed by atoms with Crippen molar-refractivity contribution in [3.8, 4) is 0 Å². The Morgan fingerprint density at radius 2 is 2.23 bits per heavy atom. The van der Waals surface area contributed by atoms with Crippen molar-refractivity contribution in [3.05, 3.63) is 11.6 Å². The summed E-state index contributed by atoms with van der Waals surface area (Å²) in [6.45, 7) is 4.80. The number of rotatable bonds is 1. The van der Waals surface area contributed by atoms with Gasteiger partial charge in [-0.15, -0.1) is 5.10 Å². The van der Waals surface area contributed by atoms with Gasteiger partial charge >= 0.3 is 5.97 Å². The topological polar surface area (TPSA) is 68.0 Å². The van der Waals surface area contributed by atoms with Crippen molar-refractivity contribution < 1.29 is 9.90 Å². The van der Waals surface area contributed by atoms with Crippen LogP contribution in [0.25, 0.3) is 0 Å². The summed E-state index contributed by atoms with van der Waals surface area (Å²) in [5.74, 6) is -0.339. The fourth-order valence-corrected chi connectivity index (χ4v) is 1.22. The predicted molar refractivity (Wildman–Crippen MR) is 46.7 cm³/mol. The Kier molecular flexibility index (Phi) is 3.00. The van der Waals surface area contributed by atoms with Crippen molar-refractivity contribution >= 4 is 5.97 Å². The number of aromatic nitrogens is 3. The minimum absolute atomic E-state index is 0.0836. The van der Waals surface area contributed by atoms with E-state index in [0.717, 1.165) is 25.2 Å². The minimum Gasteiger partial charge on any atom is -0.475 e. The molecule has 1 aromatic rings. The van der Waals surface area contributed by atoms with Crippen LogP contribution in [-0.2, 0) is 13.0 Å². The van der Waals surface area contributed by atoms with Crippen molar-refractivity contribution in [2.75, 3.05) is 0 Å². The average Bonchev–Trinajstić information content (AvgIpc) is 2.65.